The number of aromatic nitrogens is 1. The van der Waals surface area contributed by atoms with E-state index < -0.39 is 0 Å². The largest absolute Gasteiger partial charge is 0.256 e. The van der Waals surface area contributed by atoms with Crippen molar-refractivity contribution >= 4 is 0 Å². The summed E-state index contributed by atoms with van der Waals surface area (Å²) in [6.45, 7) is 4.25. The molecule has 2 rings (SSSR count). The van der Waals surface area contributed by atoms with Gasteiger partial charge in [-0.05, 0) is 29.7 Å². The van der Waals surface area contributed by atoms with Gasteiger partial charge in [0.05, 0.1) is 5.69 Å². The third-order valence-corrected chi connectivity index (χ3v) is 2.57. The first kappa shape index (κ1) is 10.8. The van der Waals surface area contributed by atoms with Gasteiger partial charge in [-0.2, -0.15) is 0 Å². The van der Waals surface area contributed by atoms with Gasteiger partial charge in [0.1, 0.15) is 5.82 Å². The van der Waals surface area contributed by atoms with E-state index in [4.69, 9.17) is 0 Å². The molecule has 0 atom stereocenters. The maximum absolute atomic E-state index is 13.0. The van der Waals surface area contributed by atoms with Crippen LogP contribution in [0.1, 0.15) is 25.3 Å². The van der Waals surface area contributed by atoms with E-state index in [0.29, 0.717) is 5.92 Å². The molecule has 1 nitrogen and oxygen atoms in total. The molecule has 0 fully saturated rings. The van der Waals surface area contributed by atoms with Gasteiger partial charge in [0.2, 0.25) is 0 Å². The molecular weight excluding hydrogens is 201 g/mol. The first-order valence-corrected chi connectivity index (χ1v) is 5.38. The lowest BCUT2D eigenvalue weighted by molar-refractivity contribution is 0.628. The van der Waals surface area contributed by atoms with Gasteiger partial charge in [-0.1, -0.05) is 32.0 Å². The second kappa shape index (κ2) is 4.44. The van der Waals surface area contributed by atoms with Crippen molar-refractivity contribution in [3.05, 3.63) is 54.0 Å². The summed E-state index contributed by atoms with van der Waals surface area (Å²) < 4.78 is 13.0. The van der Waals surface area contributed by atoms with Crippen LogP contribution < -0.4 is 0 Å². The van der Waals surface area contributed by atoms with Crippen molar-refractivity contribution in [3.63, 3.8) is 0 Å². The second-order valence-corrected chi connectivity index (χ2v) is 4.14. The lowest BCUT2D eigenvalue weighted by Crippen LogP contribution is -1.90. The standard InChI is InChI=1S/C14H14FN/c1-10(2)12-6-7-14(16-9-12)11-4-3-5-13(15)8-11/h3-10H,1-2H3. The summed E-state index contributed by atoms with van der Waals surface area (Å²) in [5.74, 6) is 0.237. The van der Waals surface area contributed by atoms with Crippen molar-refractivity contribution in [1.29, 1.82) is 0 Å². The van der Waals surface area contributed by atoms with E-state index in [1.165, 1.54) is 17.7 Å². The van der Waals surface area contributed by atoms with Crippen molar-refractivity contribution in [1.82, 2.24) is 4.98 Å². The van der Waals surface area contributed by atoms with E-state index in [1.807, 2.05) is 24.4 Å². The average molecular weight is 215 g/mol. The van der Waals surface area contributed by atoms with Gasteiger partial charge in [-0.3, -0.25) is 4.98 Å². The summed E-state index contributed by atoms with van der Waals surface area (Å²) in [6.07, 6.45) is 1.85. The molecule has 16 heavy (non-hydrogen) atoms. The average Bonchev–Trinajstić information content (AvgIpc) is 2.29. The Morgan fingerprint density at radius 2 is 1.94 bits per heavy atom. The van der Waals surface area contributed by atoms with E-state index in [0.717, 1.165) is 11.3 Å². The zero-order valence-electron chi connectivity index (χ0n) is 9.44. The SMILES string of the molecule is CC(C)c1ccc(-c2cccc(F)c2)nc1. The lowest BCUT2D eigenvalue weighted by atomic mass is 10.0. The lowest BCUT2D eigenvalue weighted by Gasteiger charge is -2.06. The molecule has 0 saturated heterocycles. The highest BCUT2D eigenvalue weighted by atomic mass is 19.1. The van der Waals surface area contributed by atoms with Crippen molar-refractivity contribution < 1.29 is 4.39 Å². The van der Waals surface area contributed by atoms with Crippen molar-refractivity contribution in [3.8, 4) is 11.3 Å². The van der Waals surface area contributed by atoms with E-state index in [9.17, 15) is 4.39 Å². The smallest absolute Gasteiger partial charge is 0.123 e. The van der Waals surface area contributed by atoms with E-state index in [1.54, 1.807) is 6.07 Å². The number of halogens is 1. The van der Waals surface area contributed by atoms with Crippen LogP contribution >= 0.6 is 0 Å². The van der Waals surface area contributed by atoms with E-state index in [2.05, 4.69) is 18.8 Å². The van der Waals surface area contributed by atoms with Crippen LogP contribution in [0.25, 0.3) is 11.3 Å². The second-order valence-electron chi connectivity index (χ2n) is 4.14. The number of benzene rings is 1. The Bertz CT molecular complexity index is 474. The third kappa shape index (κ3) is 2.27. The highest BCUT2D eigenvalue weighted by molar-refractivity contribution is 5.58. The maximum Gasteiger partial charge on any atom is 0.123 e. The van der Waals surface area contributed by atoms with Gasteiger partial charge in [-0.15, -0.1) is 0 Å². The molecule has 0 bridgehead atoms. The van der Waals surface area contributed by atoms with E-state index in [-0.39, 0.29) is 5.82 Å². The van der Waals surface area contributed by atoms with Gasteiger partial charge in [0, 0.05) is 11.8 Å². The molecule has 0 aliphatic heterocycles. The number of hydrogen-bond acceptors (Lipinski definition) is 1. The molecule has 0 spiro atoms. The maximum atomic E-state index is 13.0. The summed E-state index contributed by atoms with van der Waals surface area (Å²) in [6, 6.07) is 10.5. The van der Waals surface area contributed by atoms with Crippen LogP contribution in [-0.2, 0) is 0 Å². The summed E-state index contributed by atoms with van der Waals surface area (Å²) in [7, 11) is 0. The van der Waals surface area contributed by atoms with Crippen LogP contribution in [0.5, 0.6) is 0 Å². The zero-order chi connectivity index (χ0) is 11.5. The molecule has 0 unspecified atom stereocenters. The molecule has 0 saturated carbocycles. The highest BCUT2D eigenvalue weighted by Crippen LogP contribution is 2.20. The molecule has 0 aliphatic carbocycles. The van der Waals surface area contributed by atoms with Gasteiger partial charge >= 0.3 is 0 Å². The quantitative estimate of drug-likeness (QED) is 0.737. The molecule has 0 aliphatic rings. The Morgan fingerprint density at radius 1 is 1.12 bits per heavy atom. The topological polar surface area (TPSA) is 12.9 Å². The molecule has 2 aromatic rings. The summed E-state index contributed by atoms with van der Waals surface area (Å²) in [4.78, 5) is 4.34. The minimum Gasteiger partial charge on any atom is -0.256 e. The van der Waals surface area contributed by atoms with Crippen LogP contribution in [0.4, 0.5) is 4.39 Å². The van der Waals surface area contributed by atoms with Crippen LogP contribution in [0.2, 0.25) is 0 Å². The van der Waals surface area contributed by atoms with E-state index >= 15 is 0 Å². The van der Waals surface area contributed by atoms with Gasteiger partial charge in [0.15, 0.2) is 0 Å². The van der Waals surface area contributed by atoms with Crippen LogP contribution in [0.3, 0.4) is 0 Å². The molecule has 82 valence electrons. The summed E-state index contributed by atoms with van der Waals surface area (Å²) in [5, 5.41) is 0. The fourth-order valence-corrected chi connectivity index (χ4v) is 1.57. The summed E-state index contributed by atoms with van der Waals surface area (Å²) >= 11 is 0. The molecule has 0 N–H and O–H groups in total. The molecule has 0 amide bonds. The Balaban J connectivity index is 2.35. The number of pyridine rings is 1. The van der Waals surface area contributed by atoms with Crippen molar-refractivity contribution in [2.24, 2.45) is 0 Å². The molecule has 0 radical (unpaired) electrons. The highest BCUT2D eigenvalue weighted by Gasteiger charge is 2.02. The van der Waals surface area contributed by atoms with Crippen molar-refractivity contribution in [2.75, 3.05) is 0 Å². The first-order chi connectivity index (χ1) is 7.66. The fraction of sp³-hybridized carbons (Fsp3) is 0.214. The van der Waals surface area contributed by atoms with Gasteiger partial charge < -0.3 is 0 Å². The number of rotatable bonds is 2. The normalized spacial score (nSPS) is 10.8. The number of nitrogens with zero attached hydrogens (tertiary/aromatic N) is 1. The molecule has 1 aromatic heterocycles. The third-order valence-electron chi connectivity index (χ3n) is 2.57. The first-order valence-electron chi connectivity index (χ1n) is 5.38. The molecule has 1 aromatic carbocycles. The minimum absolute atomic E-state index is 0.229. The van der Waals surface area contributed by atoms with Gasteiger partial charge in [0.25, 0.3) is 0 Å². The monoisotopic (exact) mass is 215 g/mol. The minimum atomic E-state index is -0.229. The Kier molecular flexibility index (Phi) is 3.00. The Morgan fingerprint density at radius 3 is 2.50 bits per heavy atom. The predicted molar refractivity (Wildman–Crippen MR) is 63.7 cm³/mol. The van der Waals surface area contributed by atoms with Crippen LogP contribution in [0, 0.1) is 5.82 Å². The van der Waals surface area contributed by atoms with Gasteiger partial charge in [-0.25, -0.2) is 4.39 Å². The summed E-state index contributed by atoms with van der Waals surface area (Å²) in [5.41, 5.74) is 2.82. The zero-order valence-corrected chi connectivity index (χ0v) is 9.44. The number of hydrogen-bond donors (Lipinski definition) is 0. The van der Waals surface area contributed by atoms with Crippen LogP contribution in [0.15, 0.2) is 42.6 Å². The molecular formula is C14H14FN. The molecule has 2 heteroatoms. The Hall–Kier alpha value is -1.70. The Labute approximate surface area is 95.0 Å². The van der Waals surface area contributed by atoms with Crippen LogP contribution in [-0.4, -0.2) is 4.98 Å². The fourth-order valence-electron chi connectivity index (χ4n) is 1.57. The predicted octanol–water partition coefficient (Wildman–Crippen LogP) is 4.01. The molecule has 1 heterocycles. The van der Waals surface area contributed by atoms with Crippen molar-refractivity contribution in [2.45, 2.75) is 19.8 Å².